The summed E-state index contributed by atoms with van der Waals surface area (Å²) in [4.78, 5) is 28.9. The average Bonchev–Trinajstić information content (AvgIpc) is 3.04. The van der Waals surface area contributed by atoms with Crippen molar-refractivity contribution in [2.24, 2.45) is 0 Å². The molecule has 0 bridgehead atoms. The summed E-state index contributed by atoms with van der Waals surface area (Å²) >= 11 is 6.90. The van der Waals surface area contributed by atoms with Gasteiger partial charge in [0.05, 0.1) is 17.0 Å². The fourth-order valence-corrected chi connectivity index (χ4v) is 4.59. The van der Waals surface area contributed by atoms with Crippen LogP contribution in [0.2, 0.25) is 0 Å². The van der Waals surface area contributed by atoms with E-state index in [1.54, 1.807) is 4.90 Å². The Bertz CT molecular complexity index is 1410. The van der Waals surface area contributed by atoms with Crippen molar-refractivity contribution in [3.8, 4) is 0 Å². The number of hydrogen-bond acceptors (Lipinski definition) is 3. The summed E-state index contributed by atoms with van der Waals surface area (Å²) in [6.07, 6.45) is 0. The molecule has 2 heterocycles. The van der Waals surface area contributed by atoms with Gasteiger partial charge in [0.15, 0.2) is 5.43 Å². The van der Waals surface area contributed by atoms with Gasteiger partial charge in [-0.2, -0.15) is 0 Å². The summed E-state index contributed by atoms with van der Waals surface area (Å²) < 4.78 is 7.91. The fraction of sp³-hybridized carbons (Fsp3) is 0.120. The number of nitrogens with zero attached hydrogens (tertiary/aromatic N) is 1. The third-order valence-corrected chi connectivity index (χ3v) is 6.83. The molecule has 1 atom stereocenters. The summed E-state index contributed by atoms with van der Waals surface area (Å²) in [5, 5.41) is 0.495. The third-order valence-electron chi connectivity index (χ3n) is 5.78. The van der Waals surface area contributed by atoms with Gasteiger partial charge in [0.25, 0.3) is 5.91 Å². The molecule has 0 spiro atoms. The van der Waals surface area contributed by atoms with Gasteiger partial charge in [-0.05, 0) is 79.1 Å². The van der Waals surface area contributed by atoms with Crippen LogP contribution in [0.1, 0.15) is 38.9 Å². The van der Waals surface area contributed by atoms with E-state index >= 15 is 0 Å². The highest BCUT2D eigenvalue weighted by Crippen LogP contribution is 2.41. The maximum atomic E-state index is 13.7. The van der Waals surface area contributed by atoms with Gasteiger partial charge < -0.3 is 4.42 Å². The Balaban J connectivity index is 1.82. The van der Waals surface area contributed by atoms with E-state index in [-0.39, 0.29) is 17.1 Å². The number of amides is 1. The minimum atomic E-state index is -0.570. The number of carbonyl (C=O) groups excluding carboxylic acids is 1. The largest absolute Gasteiger partial charge is 0.450 e. The van der Waals surface area contributed by atoms with E-state index < -0.39 is 6.04 Å². The molecule has 1 aromatic heterocycles. The van der Waals surface area contributed by atoms with Gasteiger partial charge >= 0.3 is 0 Å². The molecule has 4 aromatic rings. The van der Waals surface area contributed by atoms with Gasteiger partial charge in [-0.25, -0.2) is 0 Å². The first-order valence-corrected chi connectivity index (χ1v) is 11.4. The number of halogens is 2. The second-order valence-corrected chi connectivity index (χ2v) is 9.54. The molecule has 3 aromatic carbocycles. The molecule has 0 saturated heterocycles. The zero-order valence-electron chi connectivity index (χ0n) is 16.8. The highest BCUT2D eigenvalue weighted by Gasteiger charge is 2.43. The zero-order chi connectivity index (χ0) is 21.9. The molecule has 0 radical (unpaired) electrons. The quantitative estimate of drug-likeness (QED) is 0.286. The number of benzene rings is 3. The Morgan fingerprint density at radius 2 is 1.42 bits per heavy atom. The molecule has 0 aliphatic carbocycles. The monoisotopic (exact) mass is 537 g/mol. The first-order valence-electron chi connectivity index (χ1n) is 9.77. The van der Waals surface area contributed by atoms with Crippen LogP contribution in [0.5, 0.6) is 0 Å². The number of aryl methyl sites for hydroxylation is 2. The summed E-state index contributed by atoms with van der Waals surface area (Å²) in [5.41, 5.74) is 4.21. The van der Waals surface area contributed by atoms with Crippen LogP contribution in [0.4, 0.5) is 5.69 Å². The van der Waals surface area contributed by atoms with Crippen molar-refractivity contribution in [2.45, 2.75) is 19.9 Å². The second-order valence-electron chi connectivity index (χ2n) is 7.71. The molecular weight excluding hydrogens is 522 g/mol. The standard InChI is InChI=1S/C25H17Br2NO3/c1-13-11-19-20(12-14(13)2)31-24-21(23(19)29)22(15-3-5-16(26)6-4-15)28(25(24)30)18-9-7-17(27)8-10-18/h3-12,22H,1-2H3. The van der Waals surface area contributed by atoms with Crippen LogP contribution < -0.4 is 10.3 Å². The predicted molar refractivity (Wildman–Crippen MR) is 129 cm³/mol. The summed E-state index contributed by atoms with van der Waals surface area (Å²) in [6, 6.07) is 18.3. The molecular formula is C25H17Br2NO3. The minimum absolute atomic E-state index is 0.108. The Kier molecular flexibility index (Phi) is 4.87. The molecule has 0 fully saturated rings. The van der Waals surface area contributed by atoms with E-state index in [9.17, 15) is 9.59 Å². The van der Waals surface area contributed by atoms with E-state index in [0.29, 0.717) is 22.2 Å². The number of carbonyl (C=O) groups is 1. The maximum absolute atomic E-state index is 13.7. The van der Waals surface area contributed by atoms with Gasteiger partial charge in [0.1, 0.15) is 5.58 Å². The SMILES string of the molecule is Cc1cc2oc3c(c(=O)c2cc1C)C(c1ccc(Br)cc1)N(c1ccc(Br)cc1)C3=O. The van der Waals surface area contributed by atoms with E-state index in [1.165, 1.54) is 0 Å². The molecule has 1 amide bonds. The van der Waals surface area contributed by atoms with Crippen molar-refractivity contribution < 1.29 is 9.21 Å². The first kappa shape index (κ1) is 20.2. The molecule has 1 unspecified atom stereocenters. The first-order chi connectivity index (χ1) is 14.8. The molecule has 0 saturated carbocycles. The van der Waals surface area contributed by atoms with Gasteiger partial charge in [-0.1, -0.05) is 44.0 Å². The Labute approximate surface area is 195 Å². The normalized spacial score (nSPS) is 15.5. The van der Waals surface area contributed by atoms with E-state index in [2.05, 4.69) is 31.9 Å². The van der Waals surface area contributed by atoms with Gasteiger partial charge in [-0.3, -0.25) is 14.5 Å². The zero-order valence-corrected chi connectivity index (χ0v) is 20.0. The summed E-state index contributed by atoms with van der Waals surface area (Å²) in [5.74, 6) is -0.209. The second kappa shape index (κ2) is 7.46. The average molecular weight is 539 g/mol. The van der Waals surface area contributed by atoms with Gasteiger partial charge in [0, 0.05) is 14.6 Å². The number of anilines is 1. The van der Waals surface area contributed by atoms with Crippen molar-refractivity contribution >= 4 is 54.4 Å². The molecule has 4 nitrogen and oxygen atoms in total. The van der Waals surface area contributed by atoms with Crippen molar-refractivity contribution in [1.29, 1.82) is 0 Å². The lowest BCUT2D eigenvalue weighted by Crippen LogP contribution is -2.29. The lowest BCUT2D eigenvalue weighted by Gasteiger charge is -2.25. The molecule has 31 heavy (non-hydrogen) atoms. The highest BCUT2D eigenvalue weighted by molar-refractivity contribution is 9.10. The van der Waals surface area contributed by atoms with E-state index in [1.807, 2.05) is 74.5 Å². The van der Waals surface area contributed by atoms with E-state index in [4.69, 9.17) is 4.42 Å². The molecule has 6 heteroatoms. The van der Waals surface area contributed by atoms with Gasteiger partial charge in [0.2, 0.25) is 5.76 Å². The summed E-state index contributed by atoms with van der Waals surface area (Å²) in [7, 11) is 0. The molecule has 154 valence electrons. The Hall–Kier alpha value is -2.70. The number of fused-ring (bicyclic) bond motifs is 2. The lowest BCUT2D eigenvalue weighted by atomic mass is 9.97. The molecule has 1 aliphatic rings. The van der Waals surface area contributed by atoms with Crippen molar-refractivity contribution in [3.63, 3.8) is 0 Å². The van der Waals surface area contributed by atoms with Crippen LogP contribution in [0.15, 0.2) is 78.8 Å². The van der Waals surface area contributed by atoms with Crippen LogP contribution in [0, 0.1) is 13.8 Å². The van der Waals surface area contributed by atoms with E-state index in [0.717, 1.165) is 25.6 Å². The number of hydrogen-bond donors (Lipinski definition) is 0. The smallest absolute Gasteiger partial charge is 0.295 e. The Morgan fingerprint density at radius 3 is 2.06 bits per heavy atom. The number of rotatable bonds is 2. The molecule has 0 N–H and O–H groups in total. The van der Waals surface area contributed by atoms with Crippen molar-refractivity contribution in [2.75, 3.05) is 4.90 Å². The van der Waals surface area contributed by atoms with Crippen molar-refractivity contribution in [1.82, 2.24) is 0 Å². The third kappa shape index (κ3) is 3.25. The van der Waals surface area contributed by atoms with Crippen LogP contribution >= 0.6 is 31.9 Å². The molecule has 1 aliphatic heterocycles. The van der Waals surface area contributed by atoms with Gasteiger partial charge in [-0.15, -0.1) is 0 Å². The Morgan fingerprint density at radius 1 is 0.839 bits per heavy atom. The fourth-order valence-electron chi connectivity index (χ4n) is 4.06. The predicted octanol–water partition coefficient (Wildman–Crippen LogP) is 6.68. The van der Waals surface area contributed by atoms with Crippen LogP contribution in [-0.2, 0) is 0 Å². The summed E-state index contributed by atoms with van der Waals surface area (Å²) in [6.45, 7) is 3.93. The highest BCUT2D eigenvalue weighted by atomic mass is 79.9. The minimum Gasteiger partial charge on any atom is -0.450 e. The van der Waals surface area contributed by atoms with Crippen LogP contribution in [0.25, 0.3) is 11.0 Å². The maximum Gasteiger partial charge on any atom is 0.295 e. The van der Waals surface area contributed by atoms with Crippen LogP contribution in [-0.4, -0.2) is 5.91 Å². The topological polar surface area (TPSA) is 50.5 Å². The molecule has 5 rings (SSSR count). The van der Waals surface area contributed by atoms with Crippen LogP contribution in [0.3, 0.4) is 0 Å². The van der Waals surface area contributed by atoms with Crippen molar-refractivity contribution in [3.05, 3.63) is 108 Å². The lowest BCUT2D eigenvalue weighted by molar-refractivity contribution is 0.0971.